The maximum atomic E-state index is 12.4. The number of halogens is 2. The Hall–Kier alpha value is -1.44. The Morgan fingerprint density at radius 1 is 1.27 bits per heavy atom. The number of nitrogens with one attached hydrogen (secondary N) is 2. The van der Waals surface area contributed by atoms with Gasteiger partial charge in [-0.05, 0) is 50.5 Å². The van der Waals surface area contributed by atoms with Crippen molar-refractivity contribution in [3.8, 4) is 0 Å². The largest absolute Gasteiger partial charge is 0.451 e. The second-order valence-electron chi connectivity index (χ2n) is 5.41. The van der Waals surface area contributed by atoms with Gasteiger partial charge in [0, 0.05) is 11.6 Å². The molecule has 0 fully saturated rings. The fourth-order valence-corrected chi connectivity index (χ4v) is 2.99. The second kappa shape index (κ2) is 11.3. The van der Waals surface area contributed by atoms with Crippen molar-refractivity contribution in [2.75, 3.05) is 18.6 Å². The summed E-state index contributed by atoms with van der Waals surface area (Å²) in [5.41, 5.74) is 0.204. The summed E-state index contributed by atoms with van der Waals surface area (Å²) in [7, 11) is 0. The molecular weight excluding hydrogens is 399 g/mol. The number of carbonyl (C=O) groups is 3. The number of hydrogen-bond donors (Lipinski definition) is 2. The number of esters is 1. The average molecular weight is 421 g/mol. The number of ether oxygens (including phenoxy) is 1. The van der Waals surface area contributed by atoms with Gasteiger partial charge in [0.25, 0.3) is 11.8 Å². The predicted molar refractivity (Wildman–Crippen MR) is 105 cm³/mol. The fraction of sp³-hybridized carbons (Fsp3) is 0.471. The summed E-state index contributed by atoms with van der Waals surface area (Å²) >= 11 is 13.4. The Labute approximate surface area is 167 Å². The molecule has 0 aliphatic rings. The highest BCUT2D eigenvalue weighted by Gasteiger charge is 2.27. The number of benzene rings is 1. The van der Waals surface area contributed by atoms with Crippen LogP contribution in [0.5, 0.6) is 0 Å². The monoisotopic (exact) mass is 420 g/mol. The van der Waals surface area contributed by atoms with E-state index in [-0.39, 0.29) is 10.6 Å². The van der Waals surface area contributed by atoms with Gasteiger partial charge in [0.1, 0.15) is 6.04 Å². The molecule has 1 aromatic rings. The predicted octanol–water partition coefficient (Wildman–Crippen LogP) is 2.91. The molecule has 2 N–H and O–H groups in total. The molecule has 0 radical (unpaired) electrons. The van der Waals surface area contributed by atoms with Crippen LogP contribution in [0.15, 0.2) is 18.2 Å². The Balaban J connectivity index is 2.83. The van der Waals surface area contributed by atoms with Gasteiger partial charge in [0.15, 0.2) is 6.10 Å². The van der Waals surface area contributed by atoms with Crippen LogP contribution >= 0.6 is 35.0 Å². The molecule has 1 aromatic carbocycles. The van der Waals surface area contributed by atoms with Crippen molar-refractivity contribution in [2.45, 2.75) is 32.4 Å². The van der Waals surface area contributed by atoms with E-state index in [0.29, 0.717) is 23.7 Å². The van der Waals surface area contributed by atoms with Crippen molar-refractivity contribution >= 4 is 52.7 Å². The number of hydrogen-bond acceptors (Lipinski definition) is 5. The van der Waals surface area contributed by atoms with Crippen LogP contribution in [0.3, 0.4) is 0 Å². The van der Waals surface area contributed by atoms with Crippen molar-refractivity contribution in [2.24, 2.45) is 0 Å². The molecule has 6 nitrogen and oxygen atoms in total. The summed E-state index contributed by atoms with van der Waals surface area (Å²) in [6.07, 6.45) is 1.30. The van der Waals surface area contributed by atoms with E-state index in [1.54, 1.807) is 6.92 Å². The zero-order valence-corrected chi connectivity index (χ0v) is 17.1. The SMILES string of the molecule is CCNC(=O)[C@@H](C)OC(=O)[C@@H](CCSC)NC(=O)c1ccc(Cl)cc1Cl. The summed E-state index contributed by atoms with van der Waals surface area (Å²) in [5, 5.41) is 5.78. The molecule has 144 valence electrons. The van der Waals surface area contributed by atoms with Gasteiger partial charge in [-0.1, -0.05) is 23.2 Å². The number of thioether (sulfide) groups is 1. The van der Waals surface area contributed by atoms with Crippen LogP contribution in [-0.4, -0.2) is 48.5 Å². The van der Waals surface area contributed by atoms with E-state index in [1.165, 1.54) is 36.9 Å². The first-order chi connectivity index (χ1) is 12.3. The number of carbonyl (C=O) groups excluding carboxylic acids is 3. The van der Waals surface area contributed by atoms with Gasteiger partial charge in [-0.2, -0.15) is 11.8 Å². The first-order valence-corrected chi connectivity index (χ1v) is 10.2. The van der Waals surface area contributed by atoms with Crippen LogP contribution in [0.2, 0.25) is 10.0 Å². The molecule has 0 saturated carbocycles. The lowest BCUT2D eigenvalue weighted by Gasteiger charge is -2.20. The van der Waals surface area contributed by atoms with Crippen molar-refractivity contribution < 1.29 is 19.1 Å². The van der Waals surface area contributed by atoms with Gasteiger partial charge in [-0.3, -0.25) is 9.59 Å². The van der Waals surface area contributed by atoms with E-state index in [4.69, 9.17) is 27.9 Å². The Morgan fingerprint density at radius 2 is 1.96 bits per heavy atom. The fourth-order valence-electron chi connectivity index (χ4n) is 2.02. The molecule has 0 heterocycles. The normalized spacial score (nSPS) is 12.8. The molecule has 0 saturated heterocycles. The van der Waals surface area contributed by atoms with Crippen LogP contribution in [0.25, 0.3) is 0 Å². The molecule has 2 amide bonds. The van der Waals surface area contributed by atoms with E-state index in [2.05, 4.69) is 10.6 Å². The van der Waals surface area contributed by atoms with Gasteiger partial charge >= 0.3 is 5.97 Å². The van der Waals surface area contributed by atoms with Gasteiger partial charge in [-0.15, -0.1) is 0 Å². The third-order valence-corrected chi connectivity index (χ3v) is 4.58. The van der Waals surface area contributed by atoms with Crippen LogP contribution in [-0.2, 0) is 14.3 Å². The van der Waals surface area contributed by atoms with Crippen molar-refractivity contribution in [3.05, 3.63) is 33.8 Å². The quantitative estimate of drug-likeness (QED) is 0.599. The molecule has 0 unspecified atom stereocenters. The van der Waals surface area contributed by atoms with E-state index < -0.39 is 29.9 Å². The molecule has 0 aromatic heterocycles. The van der Waals surface area contributed by atoms with Crippen LogP contribution in [0, 0.1) is 0 Å². The molecule has 1 rings (SSSR count). The third-order valence-electron chi connectivity index (χ3n) is 3.39. The van der Waals surface area contributed by atoms with Crippen molar-refractivity contribution in [1.82, 2.24) is 10.6 Å². The Kier molecular flexibility index (Phi) is 9.83. The van der Waals surface area contributed by atoms with Gasteiger partial charge < -0.3 is 15.4 Å². The zero-order chi connectivity index (χ0) is 19.7. The highest BCUT2D eigenvalue weighted by molar-refractivity contribution is 7.98. The summed E-state index contributed by atoms with van der Waals surface area (Å²) in [4.78, 5) is 36.6. The zero-order valence-electron chi connectivity index (χ0n) is 14.8. The van der Waals surface area contributed by atoms with E-state index in [0.717, 1.165) is 0 Å². The van der Waals surface area contributed by atoms with E-state index in [1.807, 2.05) is 6.26 Å². The summed E-state index contributed by atoms with van der Waals surface area (Å²) in [6, 6.07) is 3.58. The molecule has 0 bridgehead atoms. The highest BCUT2D eigenvalue weighted by Crippen LogP contribution is 2.21. The smallest absolute Gasteiger partial charge is 0.329 e. The first-order valence-electron chi connectivity index (χ1n) is 8.03. The molecule has 0 aliphatic carbocycles. The molecule has 0 spiro atoms. The molecule has 9 heteroatoms. The Morgan fingerprint density at radius 3 is 2.54 bits per heavy atom. The minimum Gasteiger partial charge on any atom is -0.451 e. The lowest BCUT2D eigenvalue weighted by molar-refractivity contribution is -0.156. The average Bonchev–Trinajstić information content (AvgIpc) is 2.58. The lowest BCUT2D eigenvalue weighted by Crippen LogP contribution is -2.45. The summed E-state index contributed by atoms with van der Waals surface area (Å²) in [6.45, 7) is 3.68. The summed E-state index contributed by atoms with van der Waals surface area (Å²) < 4.78 is 5.18. The number of likely N-dealkylation sites (N-methyl/N-ethyl adjacent to an activating group) is 1. The standard InChI is InChI=1S/C17H22Cl2N2O4S/c1-4-20-15(22)10(2)25-17(24)14(7-8-26-3)21-16(23)12-6-5-11(18)9-13(12)19/h5-6,9-10,14H,4,7-8H2,1-3H3,(H,20,22)(H,21,23)/t10-,14-/m1/s1. The number of amides is 2. The van der Waals surface area contributed by atoms with Crippen LogP contribution < -0.4 is 10.6 Å². The lowest BCUT2D eigenvalue weighted by atomic mass is 10.1. The minimum absolute atomic E-state index is 0.183. The molecular formula is C17H22Cl2N2O4S. The summed E-state index contributed by atoms with van der Waals surface area (Å²) in [5.74, 6) is -0.947. The van der Waals surface area contributed by atoms with Crippen molar-refractivity contribution in [1.29, 1.82) is 0 Å². The highest BCUT2D eigenvalue weighted by atomic mass is 35.5. The number of rotatable bonds is 9. The third kappa shape index (κ3) is 7.05. The Bertz CT molecular complexity index is 658. The van der Waals surface area contributed by atoms with Crippen molar-refractivity contribution in [3.63, 3.8) is 0 Å². The molecule has 0 aliphatic heterocycles. The van der Waals surface area contributed by atoms with Gasteiger partial charge in [0.05, 0.1) is 10.6 Å². The van der Waals surface area contributed by atoms with Gasteiger partial charge in [0.2, 0.25) is 0 Å². The van der Waals surface area contributed by atoms with E-state index >= 15 is 0 Å². The minimum atomic E-state index is -0.949. The maximum absolute atomic E-state index is 12.4. The first kappa shape index (κ1) is 22.6. The molecule has 2 atom stereocenters. The van der Waals surface area contributed by atoms with E-state index in [9.17, 15) is 14.4 Å². The van der Waals surface area contributed by atoms with Crippen LogP contribution in [0.4, 0.5) is 0 Å². The molecule has 26 heavy (non-hydrogen) atoms. The van der Waals surface area contributed by atoms with Gasteiger partial charge in [-0.25, -0.2) is 4.79 Å². The van der Waals surface area contributed by atoms with Crippen LogP contribution in [0.1, 0.15) is 30.6 Å². The topological polar surface area (TPSA) is 84.5 Å². The second-order valence-corrected chi connectivity index (χ2v) is 7.23. The maximum Gasteiger partial charge on any atom is 0.329 e.